The molecule has 2 aromatic heterocycles. The summed E-state index contributed by atoms with van der Waals surface area (Å²) in [5.74, 6) is 0.911. The Morgan fingerprint density at radius 1 is 1.30 bits per heavy atom. The number of hydrogen-bond acceptors (Lipinski definition) is 5. The number of aryl methyl sites for hydroxylation is 1. The first-order valence-corrected chi connectivity index (χ1v) is 8.02. The van der Waals surface area contributed by atoms with E-state index in [1.807, 2.05) is 29.0 Å². The molecule has 0 N–H and O–H groups in total. The van der Waals surface area contributed by atoms with Gasteiger partial charge in [-0.1, -0.05) is 18.2 Å². The zero-order valence-corrected chi connectivity index (χ0v) is 13.2. The maximum atomic E-state index is 5.91. The predicted octanol–water partition coefficient (Wildman–Crippen LogP) is 2.62. The van der Waals surface area contributed by atoms with Gasteiger partial charge in [0, 0.05) is 37.1 Å². The summed E-state index contributed by atoms with van der Waals surface area (Å²) in [5, 5.41) is 9.43. The number of nitrogens with zero attached hydrogens (tertiary/aromatic N) is 4. The Hall–Kier alpha value is -2.18. The Balaban J connectivity index is 1.51. The molecule has 4 rings (SSSR count). The smallest absolute Gasteiger partial charge is 0.163 e. The van der Waals surface area contributed by atoms with E-state index in [-0.39, 0.29) is 6.10 Å². The monoisotopic (exact) mass is 312 g/mol. The van der Waals surface area contributed by atoms with Crippen molar-refractivity contribution in [1.29, 1.82) is 0 Å². The molecular formula is C17H20N4O2. The van der Waals surface area contributed by atoms with E-state index in [0.717, 1.165) is 37.6 Å². The topological polar surface area (TPSA) is 56.3 Å². The van der Waals surface area contributed by atoms with Gasteiger partial charge in [-0.2, -0.15) is 0 Å². The van der Waals surface area contributed by atoms with Gasteiger partial charge < -0.3 is 13.7 Å². The lowest BCUT2D eigenvalue weighted by Gasteiger charge is -2.32. The second-order valence-corrected chi connectivity index (χ2v) is 5.83. The quantitative estimate of drug-likeness (QED) is 0.741. The third-order valence-corrected chi connectivity index (χ3v) is 4.38. The molecule has 6 nitrogen and oxygen atoms in total. The molecule has 0 spiro atoms. The minimum atomic E-state index is -0.0237. The van der Waals surface area contributed by atoms with Crippen LogP contribution in [0.1, 0.15) is 24.4 Å². The predicted molar refractivity (Wildman–Crippen MR) is 85.9 cm³/mol. The average molecular weight is 312 g/mol. The molecule has 1 aliphatic heterocycles. The van der Waals surface area contributed by atoms with Crippen molar-refractivity contribution in [2.24, 2.45) is 0 Å². The van der Waals surface area contributed by atoms with Crippen LogP contribution in [-0.4, -0.2) is 39.4 Å². The number of para-hydroxylation sites is 1. The van der Waals surface area contributed by atoms with Gasteiger partial charge in [0.1, 0.15) is 18.0 Å². The average Bonchev–Trinajstić information content (AvgIpc) is 3.22. The van der Waals surface area contributed by atoms with Gasteiger partial charge in [0.2, 0.25) is 0 Å². The van der Waals surface area contributed by atoms with Crippen LogP contribution in [0.4, 0.5) is 0 Å². The van der Waals surface area contributed by atoms with E-state index < -0.39 is 0 Å². The first-order valence-electron chi connectivity index (χ1n) is 8.02. The highest BCUT2D eigenvalue weighted by molar-refractivity contribution is 5.80. The summed E-state index contributed by atoms with van der Waals surface area (Å²) >= 11 is 0. The van der Waals surface area contributed by atoms with Crippen molar-refractivity contribution in [2.75, 3.05) is 19.7 Å². The van der Waals surface area contributed by atoms with Gasteiger partial charge in [0.25, 0.3) is 0 Å². The molecule has 1 aliphatic rings. The molecule has 0 saturated carbocycles. The molecule has 0 unspecified atom stereocenters. The van der Waals surface area contributed by atoms with Crippen LogP contribution in [0.3, 0.4) is 0 Å². The van der Waals surface area contributed by atoms with Crippen molar-refractivity contribution >= 4 is 11.0 Å². The Labute approximate surface area is 134 Å². The van der Waals surface area contributed by atoms with Gasteiger partial charge in [0.05, 0.1) is 12.9 Å². The lowest BCUT2D eigenvalue weighted by molar-refractivity contribution is -0.0388. The summed E-state index contributed by atoms with van der Waals surface area (Å²) in [6.45, 7) is 6.24. The standard InChI is InChI=1S/C17H20N4O2/c1-2-21-12-18-19-17(21)16-10-20(7-8-22-16)9-13-11-23-15-6-4-3-5-14(13)15/h3-6,11-12,16H,2,7-10H2,1H3/t16-/m0/s1. The molecule has 0 bridgehead atoms. The fourth-order valence-electron chi connectivity index (χ4n) is 3.16. The van der Waals surface area contributed by atoms with E-state index in [9.17, 15) is 0 Å². The van der Waals surface area contributed by atoms with E-state index in [1.54, 1.807) is 6.33 Å². The second-order valence-electron chi connectivity index (χ2n) is 5.83. The zero-order valence-electron chi connectivity index (χ0n) is 13.2. The normalized spacial score (nSPS) is 19.4. The lowest BCUT2D eigenvalue weighted by Crippen LogP contribution is -2.38. The van der Waals surface area contributed by atoms with E-state index in [1.165, 1.54) is 10.9 Å². The summed E-state index contributed by atoms with van der Waals surface area (Å²) in [7, 11) is 0. The second kappa shape index (κ2) is 6.14. The van der Waals surface area contributed by atoms with Gasteiger partial charge in [0.15, 0.2) is 5.82 Å². The van der Waals surface area contributed by atoms with Crippen molar-refractivity contribution < 1.29 is 9.15 Å². The number of rotatable bonds is 4. The minimum absolute atomic E-state index is 0.0237. The number of benzene rings is 1. The zero-order chi connectivity index (χ0) is 15.6. The van der Waals surface area contributed by atoms with E-state index in [4.69, 9.17) is 9.15 Å². The highest BCUT2D eigenvalue weighted by atomic mass is 16.5. The van der Waals surface area contributed by atoms with Crippen LogP contribution in [0.15, 0.2) is 41.3 Å². The molecule has 6 heteroatoms. The first kappa shape index (κ1) is 14.4. The van der Waals surface area contributed by atoms with Gasteiger partial charge in [-0.3, -0.25) is 4.90 Å². The number of aromatic nitrogens is 3. The molecule has 0 aliphatic carbocycles. The van der Waals surface area contributed by atoms with E-state index >= 15 is 0 Å². The van der Waals surface area contributed by atoms with Crippen LogP contribution in [-0.2, 0) is 17.8 Å². The number of ether oxygens (including phenoxy) is 1. The fourth-order valence-corrected chi connectivity index (χ4v) is 3.16. The largest absolute Gasteiger partial charge is 0.464 e. The SMILES string of the molecule is CCn1cnnc1[C@@H]1CN(Cc2coc3ccccc23)CCO1. The van der Waals surface area contributed by atoms with Gasteiger partial charge in [-0.15, -0.1) is 10.2 Å². The van der Waals surface area contributed by atoms with Crippen molar-refractivity contribution in [3.8, 4) is 0 Å². The molecule has 1 atom stereocenters. The van der Waals surface area contributed by atoms with Crippen LogP contribution in [0, 0.1) is 0 Å². The molecular weight excluding hydrogens is 292 g/mol. The Morgan fingerprint density at radius 3 is 3.13 bits per heavy atom. The number of morpholine rings is 1. The summed E-state index contributed by atoms with van der Waals surface area (Å²) < 4.78 is 13.6. The fraction of sp³-hybridized carbons (Fsp3) is 0.412. The molecule has 3 heterocycles. The number of hydrogen-bond donors (Lipinski definition) is 0. The molecule has 1 saturated heterocycles. The Bertz CT molecular complexity index is 795. The molecule has 0 radical (unpaired) electrons. The third kappa shape index (κ3) is 2.75. The van der Waals surface area contributed by atoms with E-state index in [0.29, 0.717) is 6.61 Å². The van der Waals surface area contributed by atoms with Crippen LogP contribution in [0.2, 0.25) is 0 Å². The summed E-state index contributed by atoms with van der Waals surface area (Å²) in [5.41, 5.74) is 2.16. The maximum Gasteiger partial charge on any atom is 0.163 e. The van der Waals surface area contributed by atoms with Crippen molar-refractivity contribution in [1.82, 2.24) is 19.7 Å². The highest BCUT2D eigenvalue weighted by Crippen LogP contribution is 2.25. The van der Waals surface area contributed by atoms with Crippen LogP contribution < -0.4 is 0 Å². The minimum Gasteiger partial charge on any atom is -0.464 e. The molecule has 0 amide bonds. The summed E-state index contributed by atoms with van der Waals surface area (Å²) in [4.78, 5) is 2.39. The van der Waals surface area contributed by atoms with Crippen molar-refractivity contribution in [2.45, 2.75) is 26.1 Å². The summed E-state index contributed by atoms with van der Waals surface area (Å²) in [6, 6.07) is 8.16. The molecule has 3 aromatic rings. The van der Waals surface area contributed by atoms with Crippen molar-refractivity contribution in [3.63, 3.8) is 0 Å². The molecule has 1 fully saturated rings. The first-order chi connectivity index (χ1) is 11.3. The van der Waals surface area contributed by atoms with Crippen molar-refractivity contribution in [3.05, 3.63) is 48.2 Å². The van der Waals surface area contributed by atoms with Gasteiger partial charge >= 0.3 is 0 Å². The molecule has 120 valence electrons. The molecule has 1 aromatic carbocycles. The number of fused-ring (bicyclic) bond motifs is 1. The molecule has 23 heavy (non-hydrogen) atoms. The Morgan fingerprint density at radius 2 is 2.22 bits per heavy atom. The van der Waals surface area contributed by atoms with Gasteiger partial charge in [-0.05, 0) is 13.0 Å². The third-order valence-electron chi connectivity index (χ3n) is 4.38. The van der Waals surface area contributed by atoms with Crippen LogP contribution >= 0.6 is 0 Å². The van der Waals surface area contributed by atoms with Crippen LogP contribution in [0.25, 0.3) is 11.0 Å². The maximum absolute atomic E-state index is 5.91. The number of furan rings is 1. The van der Waals surface area contributed by atoms with Crippen LogP contribution in [0.5, 0.6) is 0 Å². The Kier molecular flexibility index (Phi) is 3.85. The van der Waals surface area contributed by atoms with Gasteiger partial charge in [-0.25, -0.2) is 0 Å². The lowest BCUT2D eigenvalue weighted by atomic mass is 10.1. The summed E-state index contributed by atoms with van der Waals surface area (Å²) in [6.07, 6.45) is 3.61. The van der Waals surface area contributed by atoms with E-state index in [2.05, 4.69) is 28.1 Å². The highest BCUT2D eigenvalue weighted by Gasteiger charge is 2.26.